The zero-order chi connectivity index (χ0) is 12.7. The molecule has 17 heavy (non-hydrogen) atoms. The van der Waals surface area contributed by atoms with Gasteiger partial charge in [0.2, 0.25) is 0 Å². The van der Waals surface area contributed by atoms with Gasteiger partial charge < -0.3 is 5.32 Å². The van der Waals surface area contributed by atoms with Crippen LogP contribution >= 0.6 is 0 Å². The number of hydrogen-bond donors (Lipinski definition) is 1. The fraction of sp³-hybridized carbons (Fsp3) is 0.750. The van der Waals surface area contributed by atoms with Crippen LogP contribution in [0.4, 0.5) is 0 Å². The number of hydrogen-bond acceptors (Lipinski definition) is 1. The molecule has 0 amide bonds. The van der Waals surface area contributed by atoms with Crippen molar-refractivity contribution in [2.75, 3.05) is 13.1 Å². The lowest BCUT2D eigenvalue weighted by atomic mass is 9.85. The van der Waals surface area contributed by atoms with Gasteiger partial charge in [-0.15, -0.1) is 0 Å². The van der Waals surface area contributed by atoms with Crippen molar-refractivity contribution in [2.45, 2.75) is 47.0 Å². The van der Waals surface area contributed by atoms with Crippen LogP contribution in [0, 0.1) is 17.8 Å². The Morgan fingerprint density at radius 2 is 1.71 bits per heavy atom. The summed E-state index contributed by atoms with van der Waals surface area (Å²) >= 11 is 0. The normalized spacial score (nSPS) is 30.0. The maximum atomic E-state index is 3.44. The highest BCUT2D eigenvalue weighted by molar-refractivity contribution is 5.31. The molecule has 0 spiro atoms. The van der Waals surface area contributed by atoms with Gasteiger partial charge in [0.15, 0.2) is 0 Å². The van der Waals surface area contributed by atoms with Crippen LogP contribution in [-0.2, 0) is 0 Å². The summed E-state index contributed by atoms with van der Waals surface area (Å²) in [5, 5.41) is 3.44. The van der Waals surface area contributed by atoms with E-state index in [-0.39, 0.29) is 0 Å². The minimum Gasteiger partial charge on any atom is -0.317 e. The lowest BCUT2D eigenvalue weighted by Crippen LogP contribution is -2.29. The van der Waals surface area contributed by atoms with Crippen LogP contribution in [0.3, 0.4) is 0 Å². The molecule has 2 fully saturated rings. The molecule has 3 rings (SSSR count). The Hall–Kier alpha value is -0.560. The average molecular weight is 235 g/mol. The molecule has 2 unspecified atom stereocenters. The zero-order valence-electron chi connectivity index (χ0n) is 12.0. The molecule has 0 radical (unpaired) electrons. The van der Waals surface area contributed by atoms with Gasteiger partial charge in [0, 0.05) is 0 Å². The van der Waals surface area contributed by atoms with Crippen molar-refractivity contribution in [3.05, 3.63) is 23.8 Å². The third-order valence-electron chi connectivity index (χ3n) is 3.73. The second-order valence-electron chi connectivity index (χ2n) is 4.58. The highest BCUT2D eigenvalue weighted by Gasteiger charge is 2.41. The predicted molar refractivity (Wildman–Crippen MR) is 77.1 cm³/mol. The van der Waals surface area contributed by atoms with Gasteiger partial charge in [-0.25, -0.2) is 0 Å². The fourth-order valence-electron chi connectivity index (χ4n) is 2.84. The molecule has 1 saturated carbocycles. The second-order valence-corrected chi connectivity index (χ2v) is 4.58. The molecular weight excluding hydrogens is 206 g/mol. The highest BCUT2D eigenvalue weighted by Crippen LogP contribution is 2.50. The molecule has 1 saturated heterocycles. The van der Waals surface area contributed by atoms with Crippen molar-refractivity contribution >= 4 is 0 Å². The van der Waals surface area contributed by atoms with Crippen LogP contribution in [0.5, 0.6) is 0 Å². The van der Waals surface area contributed by atoms with Crippen LogP contribution in [0.1, 0.15) is 47.0 Å². The Morgan fingerprint density at radius 3 is 2.35 bits per heavy atom. The summed E-state index contributed by atoms with van der Waals surface area (Å²) in [4.78, 5) is 0. The smallest absolute Gasteiger partial charge is 0.00432 e. The van der Waals surface area contributed by atoms with Gasteiger partial charge in [-0.3, -0.25) is 0 Å². The van der Waals surface area contributed by atoms with E-state index in [2.05, 4.69) is 23.5 Å². The van der Waals surface area contributed by atoms with Gasteiger partial charge in [0.1, 0.15) is 0 Å². The number of rotatable bonds is 1. The molecule has 0 aromatic carbocycles. The predicted octanol–water partition coefficient (Wildman–Crippen LogP) is 4.17. The molecule has 1 nitrogen and oxygen atoms in total. The van der Waals surface area contributed by atoms with Crippen molar-refractivity contribution in [3.8, 4) is 0 Å². The molecule has 1 heterocycles. The summed E-state index contributed by atoms with van der Waals surface area (Å²) < 4.78 is 0. The first-order chi connectivity index (χ1) is 8.45. The summed E-state index contributed by atoms with van der Waals surface area (Å²) in [5.74, 6) is 2.78. The van der Waals surface area contributed by atoms with Crippen LogP contribution in [-0.4, -0.2) is 13.1 Å². The SMILES string of the molecule is C1=CC2CC2C(C2CCNCC2)=C1.CC.CC. The van der Waals surface area contributed by atoms with E-state index < -0.39 is 0 Å². The van der Waals surface area contributed by atoms with E-state index in [9.17, 15) is 0 Å². The van der Waals surface area contributed by atoms with Gasteiger partial charge >= 0.3 is 0 Å². The van der Waals surface area contributed by atoms with Gasteiger partial charge in [0.05, 0.1) is 0 Å². The Balaban J connectivity index is 0.000000330. The molecule has 2 aliphatic carbocycles. The summed E-state index contributed by atoms with van der Waals surface area (Å²) in [5.41, 5.74) is 1.77. The van der Waals surface area contributed by atoms with Crippen molar-refractivity contribution in [3.63, 3.8) is 0 Å². The molecule has 3 aliphatic rings. The lowest BCUT2D eigenvalue weighted by molar-refractivity contribution is 0.406. The lowest BCUT2D eigenvalue weighted by Gasteiger charge is -2.26. The second kappa shape index (κ2) is 7.71. The fourth-order valence-corrected chi connectivity index (χ4v) is 2.84. The Morgan fingerprint density at radius 1 is 1.06 bits per heavy atom. The minimum atomic E-state index is 0.904. The molecule has 1 aliphatic heterocycles. The van der Waals surface area contributed by atoms with Crippen LogP contribution in [0.15, 0.2) is 23.8 Å². The third kappa shape index (κ3) is 3.70. The standard InChI is InChI=1S/C12H17N.2C2H6/c1-2-10-8-12(10)11(3-1)9-4-6-13-7-5-9;2*1-2/h1-3,9-10,12-13H,4-8H2;2*1-2H3. The number of allylic oxidation sites excluding steroid dienone is 4. The molecule has 1 heteroatoms. The third-order valence-corrected chi connectivity index (χ3v) is 3.73. The topological polar surface area (TPSA) is 12.0 Å². The van der Waals surface area contributed by atoms with E-state index in [4.69, 9.17) is 0 Å². The van der Waals surface area contributed by atoms with Crippen molar-refractivity contribution in [1.29, 1.82) is 0 Å². The van der Waals surface area contributed by atoms with Crippen molar-refractivity contribution < 1.29 is 0 Å². The molecule has 0 aromatic heterocycles. The molecule has 1 N–H and O–H groups in total. The van der Waals surface area contributed by atoms with E-state index in [1.165, 1.54) is 32.4 Å². The van der Waals surface area contributed by atoms with Crippen LogP contribution < -0.4 is 5.32 Å². The highest BCUT2D eigenvalue weighted by atomic mass is 14.9. The van der Waals surface area contributed by atoms with Gasteiger partial charge in [0.25, 0.3) is 0 Å². The largest absolute Gasteiger partial charge is 0.317 e. The van der Waals surface area contributed by atoms with E-state index in [1.54, 1.807) is 5.57 Å². The molecule has 0 bridgehead atoms. The van der Waals surface area contributed by atoms with E-state index >= 15 is 0 Å². The van der Waals surface area contributed by atoms with E-state index in [0.29, 0.717) is 0 Å². The zero-order valence-corrected chi connectivity index (χ0v) is 12.0. The number of nitrogens with one attached hydrogen (secondary N) is 1. The van der Waals surface area contributed by atoms with Crippen molar-refractivity contribution in [2.24, 2.45) is 17.8 Å². The first-order valence-electron chi connectivity index (χ1n) is 7.54. The molecular formula is C16H29N. The number of fused-ring (bicyclic) bond motifs is 1. The molecule has 98 valence electrons. The Kier molecular flexibility index (Phi) is 6.57. The summed E-state index contributed by atoms with van der Waals surface area (Å²) in [6, 6.07) is 0. The summed E-state index contributed by atoms with van der Waals surface area (Å²) in [6.07, 6.45) is 11.2. The van der Waals surface area contributed by atoms with Crippen LogP contribution in [0.2, 0.25) is 0 Å². The molecule has 2 atom stereocenters. The molecule has 0 aromatic rings. The first kappa shape index (κ1) is 14.5. The maximum absolute atomic E-state index is 3.44. The number of piperidine rings is 1. The maximum Gasteiger partial charge on any atom is -0.00432 e. The minimum absolute atomic E-state index is 0.904. The van der Waals surface area contributed by atoms with Crippen LogP contribution in [0.25, 0.3) is 0 Å². The summed E-state index contributed by atoms with van der Waals surface area (Å²) in [7, 11) is 0. The summed E-state index contributed by atoms with van der Waals surface area (Å²) in [6.45, 7) is 10.5. The van der Waals surface area contributed by atoms with Crippen molar-refractivity contribution in [1.82, 2.24) is 5.32 Å². The Labute approximate surface area is 107 Å². The quantitative estimate of drug-likeness (QED) is 0.719. The van der Waals surface area contributed by atoms with E-state index in [1.807, 2.05) is 27.7 Å². The van der Waals surface area contributed by atoms with E-state index in [0.717, 1.165) is 17.8 Å². The first-order valence-corrected chi connectivity index (χ1v) is 7.54. The van der Waals surface area contributed by atoms with Gasteiger partial charge in [-0.2, -0.15) is 0 Å². The van der Waals surface area contributed by atoms with Gasteiger partial charge in [-0.05, 0) is 50.1 Å². The average Bonchev–Trinajstić information content (AvgIpc) is 3.23. The van der Waals surface area contributed by atoms with Gasteiger partial charge in [-0.1, -0.05) is 51.5 Å². The monoisotopic (exact) mass is 235 g/mol. The Bertz CT molecular complexity index is 259.